The third-order valence-electron chi connectivity index (χ3n) is 4.41. The topological polar surface area (TPSA) is 97.3 Å². The Morgan fingerprint density at radius 3 is 2.85 bits per heavy atom. The van der Waals surface area contributed by atoms with Gasteiger partial charge in [-0.2, -0.15) is 0 Å². The second-order valence-corrected chi connectivity index (χ2v) is 7.83. The van der Waals surface area contributed by atoms with Crippen molar-refractivity contribution in [1.29, 1.82) is 0 Å². The average Bonchev–Trinajstić information content (AvgIpc) is 2.92. The van der Waals surface area contributed by atoms with Gasteiger partial charge in [-0.15, -0.1) is 0 Å². The molecular weight excluding hydrogens is 358 g/mol. The van der Waals surface area contributed by atoms with Crippen molar-refractivity contribution >= 4 is 21.8 Å². The molecule has 0 amide bonds. The number of ether oxygens (including phenoxy) is 2. The lowest BCUT2D eigenvalue weighted by atomic mass is 10.2. The number of amidine groups is 1. The van der Waals surface area contributed by atoms with Gasteiger partial charge in [-0.05, 0) is 19.1 Å². The van der Waals surface area contributed by atoms with E-state index in [-0.39, 0.29) is 23.5 Å². The molecule has 2 aliphatic heterocycles. The van der Waals surface area contributed by atoms with Crippen LogP contribution < -0.4 is 4.72 Å². The number of carbonyl (C=O) groups excluding carboxylic acids is 1. The lowest BCUT2D eigenvalue weighted by Crippen LogP contribution is -2.46. The van der Waals surface area contributed by atoms with Gasteiger partial charge in [0, 0.05) is 31.6 Å². The summed E-state index contributed by atoms with van der Waals surface area (Å²) in [6, 6.07) is 6.42. The van der Waals surface area contributed by atoms with Crippen LogP contribution in [0.5, 0.6) is 0 Å². The minimum atomic E-state index is -3.52. The zero-order chi connectivity index (χ0) is 18.6. The normalized spacial score (nSPS) is 21.8. The van der Waals surface area contributed by atoms with Crippen LogP contribution >= 0.6 is 0 Å². The smallest absolute Gasteiger partial charge is 0.323 e. The zero-order valence-electron chi connectivity index (χ0n) is 14.7. The van der Waals surface area contributed by atoms with Gasteiger partial charge in [-0.3, -0.25) is 19.4 Å². The number of nitrogens with one attached hydrogen (secondary N) is 1. The fraction of sp³-hybridized carbons (Fsp3) is 0.529. The lowest BCUT2D eigenvalue weighted by molar-refractivity contribution is -0.151. The standard InChI is InChI=1S/C17H23N3O5S/c1-13(20-8-11-24-12-9-20)17(21)25-10-4-7-18-16-14-5-2-3-6-15(14)26(22,23)19-16/h2-3,5-6,13H,4,7-12H2,1H3,(H,18,19)/t13-/m1/s1. The Balaban J connectivity index is 1.46. The van der Waals surface area contributed by atoms with Crippen LogP contribution in [-0.4, -0.2) is 70.6 Å². The van der Waals surface area contributed by atoms with Crippen LogP contribution in [0.2, 0.25) is 0 Å². The van der Waals surface area contributed by atoms with E-state index in [1.807, 2.05) is 11.8 Å². The molecule has 0 saturated carbocycles. The second kappa shape index (κ2) is 8.15. The minimum Gasteiger partial charge on any atom is -0.464 e. The molecule has 1 aromatic rings. The van der Waals surface area contributed by atoms with E-state index in [4.69, 9.17) is 9.47 Å². The van der Waals surface area contributed by atoms with Gasteiger partial charge in [-0.1, -0.05) is 12.1 Å². The number of nitrogens with zero attached hydrogens (tertiary/aromatic N) is 2. The summed E-state index contributed by atoms with van der Waals surface area (Å²) in [4.78, 5) is 18.7. The highest BCUT2D eigenvalue weighted by Gasteiger charge is 2.30. The molecule has 9 heteroatoms. The van der Waals surface area contributed by atoms with Crippen molar-refractivity contribution in [1.82, 2.24) is 9.62 Å². The molecule has 0 spiro atoms. The molecule has 0 aliphatic carbocycles. The summed E-state index contributed by atoms with van der Waals surface area (Å²) < 4.78 is 37.0. The van der Waals surface area contributed by atoms with Gasteiger partial charge >= 0.3 is 5.97 Å². The molecule has 0 bridgehead atoms. The monoisotopic (exact) mass is 381 g/mol. The van der Waals surface area contributed by atoms with Gasteiger partial charge in [0.1, 0.15) is 11.9 Å². The number of sulfonamides is 1. The Hall–Kier alpha value is -1.97. The summed E-state index contributed by atoms with van der Waals surface area (Å²) in [6.07, 6.45) is 0.523. The molecule has 1 fully saturated rings. The molecule has 2 aliphatic rings. The van der Waals surface area contributed by atoms with Crippen LogP contribution in [0.3, 0.4) is 0 Å². The van der Waals surface area contributed by atoms with Crippen LogP contribution in [0.4, 0.5) is 0 Å². The van der Waals surface area contributed by atoms with Crippen molar-refractivity contribution in [2.45, 2.75) is 24.3 Å². The highest BCUT2D eigenvalue weighted by Crippen LogP contribution is 2.22. The van der Waals surface area contributed by atoms with Gasteiger partial charge in [0.2, 0.25) is 0 Å². The van der Waals surface area contributed by atoms with Crippen molar-refractivity contribution in [2.75, 3.05) is 39.5 Å². The van der Waals surface area contributed by atoms with Crippen LogP contribution in [-0.2, 0) is 24.3 Å². The Morgan fingerprint density at radius 2 is 2.08 bits per heavy atom. The van der Waals surface area contributed by atoms with Crippen LogP contribution in [0.25, 0.3) is 0 Å². The van der Waals surface area contributed by atoms with Crippen molar-refractivity contribution in [2.24, 2.45) is 4.99 Å². The molecule has 142 valence electrons. The summed E-state index contributed by atoms with van der Waals surface area (Å²) in [5, 5.41) is 0. The number of morpholine rings is 1. The third-order valence-corrected chi connectivity index (χ3v) is 5.81. The molecule has 1 saturated heterocycles. The predicted octanol–water partition coefficient (Wildman–Crippen LogP) is 0.379. The van der Waals surface area contributed by atoms with Crippen LogP contribution in [0, 0.1) is 0 Å². The molecule has 3 rings (SSSR count). The third kappa shape index (κ3) is 4.22. The zero-order valence-corrected chi connectivity index (χ0v) is 15.5. The number of hydrogen-bond acceptors (Lipinski definition) is 7. The molecule has 2 heterocycles. The van der Waals surface area contributed by atoms with Crippen molar-refractivity contribution in [3.63, 3.8) is 0 Å². The fourth-order valence-corrected chi connectivity index (χ4v) is 4.16. The molecule has 1 N–H and O–H groups in total. The van der Waals surface area contributed by atoms with Crippen LogP contribution in [0.1, 0.15) is 18.9 Å². The fourth-order valence-electron chi connectivity index (χ4n) is 2.91. The molecule has 1 atom stereocenters. The first-order valence-corrected chi connectivity index (χ1v) is 10.1. The average molecular weight is 381 g/mol. The van der Waals surface area contributed by atoms with E-state index in [0.29, 0.717) is 37.6 Å². The van der Waals surface area contributed by atoms with Crippen molar-refractivity contribution in [3.8, 4) is 0 Å². The summed E-state index contributed by atoms with van der Waals surface area (Å²) >= 11 is 0. The van der Waals surface area contributed by atoms with E-state index in [1.54, 1.807) is 24.3 Å². The molecule has 26 heavy (non-hydrogen) atoms. The predicted molar refractivity (Wildman–Crippen MR) is 95.6 cm³/mol. The number of carbonyl (C=O) groups is 1. The molecular formula is C17H23N3O5S. The Labute approximate surface area is 153 Å². The summed E-state index contributed by atoms with van der Waals surface area (Å²) in [5.74, 6) is 0.0834. The SMILES string of the molecule is C[C@H](C(=O)OCCCN=C1NS(=O)(=O)c2ccccc21)N1CCOCC1. The maximum absolute atomic E-state index is 12.1. The number of esters is 1. The van der Waals surface area contributed by atoms with Crippen LogP contribution in [0.15, 0.2) is 34.2 Å². The minimum absolute atomic E-state index is 0.240. The highest BCUT2D eigenvalue weighted by atomic mass is 32.2. The largest absolute Gasteiger partial charge is 0.464 e. The van der Waals surface area contributed by atoms with Gasteiger partial charge < -0.3 is 9.47 Å². The molecule has 0 unspecified atom stereocenters. The number of aliphatic imine (C=N–C) groups is 1. The number of rotatable bonds is 6. The highest BCUT2D eigenvalue weighted by molar-refractivity contribution is 7.90. The first-order chi connectivity index (χ1) is 12.5. The van der Waals surface area contributed by atoms with Gasteiger partial charge in [0.05, 0.1) is 24.7 Å². The van der Waals surface area contributed by atoms with Gasteiger partial charge in [0.15, 0.2) is 0 Å². The van der Waals surface area contributed by atoms with Gasteiger partial charge in [-0.25, -0.2) is 8.42 Å². The first-order valence-electron chi connectivity index (χ1n) is 8.64. The van der Waals surface area contributed by atoms with E-state index >= 15 is 0 Å². The van der Waals surface area contributed by atoms with Crippen molar-refractivity contribution < 1.29 is 22.7 Å². The first kappa shape index (κ1) is 18.8. The summed E-state index contributed by atoms with van der Waals surface area (Å²) in [7, 11) is -3.52. The molecule has 0 radical (unpaired) electrons. The molecule has 1 aromatic carbocycles. The number of fused-ring (bicyclic) bond motifs is 1. The number of hydrogen-bond donors (Lipinski definition) is 1. The second-order valence-electron chi connectivity index (χ2n) is 6.18. The van der Waals surface area contributed by atoms with Crippen molar-refractivity contribution in [3.05, 3.63) is 29.8 Å². The van der Waals surface area contributed by atoms with Gasteiger partial charge in [0.25, 0.3) is 10.0 Å². The van der Waals surface area contributed by atoms with E-state index in [0.717, 1.165) is 13.1 Å². The summed E-state index contributed by atoms with van der Waals surface area (Å²) in [6.45, 7) is 5.16. The Kier molecular flexibility index (Phi) is 5.90. The molecule has 8 nitrogen and oxygen atoms in total. The maximum Gasteiger partial charge on any atom is 0.323 e. The maximum atomic E-state index is 12.1. The van der Waals surface area contributed by atoms with E-state index < -0.39 is 10.0 Å². The Morgan fingerprint density at radius 1 is 1.35 bits per heavy atom. The molecule has 0 aromatic heterocycles. The van der Waals surface area contributed by atoms with E-state index in [9.17, 15) is 13.2 Å². The summed E-state index contributed by atoms with van der Waals surface area (Å²) in [5.41, 5.74) is 0.574. The van der Waals surface area contributed by atoms with E-state index in [1.165, 1.54) is 0 Å². The van der Waals surface area contributed by atoms with E-state index in [2.05, 4.69) is 9.71 Å². The lowest BCUT2D eigenvalue weighted by Gasteiger charge is -2.30. The Bertz CT molecular complexity index is 787. The number of benzene rings is 1. The quantitative estimate of drug-likeness (QED) is 0.565.